The van der Waals surface area contributed by atoms with Gasteiger partial charge in [-0.2, -0.15) is 17.9 Å². The first kappa shape index (κ1) is 18.4. The highest BCUT2D eigenvalue weighted by Gasteiger charge is 2.43. The first-order valence-electron chi connectivity index (χ1n) is 7.81. The number of aryl methyl sites for hydroxylation is 1. The molecule has 0 aliphatic carbocycles. The number of hydrogen-bond donors (Lipinski definition) is 1. The number of nitrogens with one attached hydrogen (secondary N) is 1. The van der Waals surface area contributed by atoms with Crippen LogP contribution in [0.2, 0.25) is 0 Å². The van der Waals surface area contributed by atoms with E-state index in [1.165, 1.54) is 36.4 Å². The van der Waals surface area contributed by atoms with Crippen LogP contribution in [0.3, 0.4) is 0 Å². The van der Waals surface area contributed by atoms with E-state index >= 15 is 0 Å². The average molecular weight is 379 g/mol. The topological polar surface area (TPSA) is 46.2 Å². The zero-order valence-electron chi connectivity index (χ0n) is 13.8. The highest BCUT2D eigenvalue weighted by Crippen LogP contribution is 2.35. The molecule has 0 radical (unpaired) electrons. The van der Waals surface area contributed by atoms with Gasteiger partial charge in [0.1, 0.15) is 6.04 Å². The Kier molecular flexibility index (Phi) is 4.77. The molecule has 0 heterocycles. The number of alkyl halides is 3. The Labute approximate surface area is 149 Å². The highest BCUT2D eigenvalue weighted by atomic mass is 32.2. The minimum Gasteiger partial charge on any atom is -0.207 e. The summed E-state index contributed by atoms with van der Waals surface area (Å²) in [4.78, 5) is -0.210. The molecule has 3 nitrogen and oxygen atoms in total. The first-order chi connectivity index (χ1) is 12.2. The molecular weight excluding hydrogens is 363 g/mol. The van der Waals surface area contributed by atoms with Gasteiger partial charge in [-0.3, -0.25) is 0 Å². The Morgan fingerprint density at radius 3 is 2.12 bits per heavy atom. The summed E-state index contributed by atoms with van der Waals surface area (Å²) in [6.45, 7) is 1.76. The van der Waals surface area contributed by atoms with Crippen LogP contribution in [0.15, 0.2) is 71.6 Å². The molecular formula is C19H16F3NO2S. The standard InChI is InChI=1S/C19H16F3NO2S/c1-13-6-10-17(11-7-13)26(24,25)23-18(19(20,21)22)16-9-8-14-4-2-3-5-15(14)12-16/h2-12,18,23H,1H3. The van der Waals surface area contributed by atoms with Gasteiger partial charge < -0.3 is 0 Å². The second-order valence-corrected chi connectivity index (χ2v) is 7.73. The van der Waals surface area contributed by atoms with Gasteiger partial charge in [-0.1, -0.05) is 54.1 Å². The smallest absolute Gasteiger partial charge is 0.207 e. The predicted octanol–water partition coefficient (Wildman–Crippen LogP) is 4.73. The van der Waals surface area contributed by atoms with Gasteiger partial charge >= 0.3 is 6.18 Å². The van der Waals surface area contributed by atoms with Crippen LogP contribution in [0.4, 0.5) is 13.2 Å². The molecule has 1 N–H and O–H groups in total. The number of sulfonamides is 1. The Hall–Kier alpha value is -2.38. The van der Waals surface area contributed by atoms with Crippen LogP contribution in [0, 0.1) is 6.92 Å². The summed E-state index contributed by atoms with van der Waals surface area (Å²) in [7, 11) is -4.33. The molecule has 0 spiro atoms. The molecule has 0 fully saturated rings. The molecule has 0 saturated carbocycles. The molecule has 3 rings (SSSR count). The van der Waals surface area contributed by atoms with Crippen molar-refractivity contribution in [2.24, 2.45) is 0 Å². The minimum atomic E-state index is -4.78. The van der Waals surface area contributed by atoms with E-state index in [2.05, 4.69) is 0 Å². The van der Waals surface area contributed by atoms with Gasteiger partial charge in [0.15, 0.2) is 0 Å². The molecule has 26 heavy (non-hydrogen) atoms. The summed E-state index contributed by atoms with van der Waals surface area (Å²) < 4.78 is 67.4. The maximum atomic E-state index is 13.6. The summed E-state index contributed by atoms with van der Waals surface area (Å²) >= 11 is 0. The largest absolute Gasteiger partial charge is 0.408 e. The fourth-order valence-electron chi connectivity index (χ4n) is 2.65. The summed E-state index contributed by atoms with van der Waals surface area (Å²) in [6.07, 6.45) is -4.78. The summed E-state index contributed by atoms with van der Waals surface area (Å²) in [5.74, 6) is 0. The number of fused-ring (bicyclic) bond motifs is 1. The lowest BCUT2D eigenvalue weighted by Gasteiger charge is -2.22. The van der Waals surface area contributed by atoms with Crippen molar-refractivity contribution in [3.63, 3.8) is 0 Å². The lowest BCUT2D eigenvalue weighted by molar-refractivity contribution is -0.153. The average Bonchev–Trinajstić information content (AvgIpc) is 2.59. The third-order valence-electron chi connectivity index (χ3n) is 4.04. The monoisotopic (exact) mass is 379 g/mol. The SMILES string of the molecule is Cc1ccc(S(=O)(=O)NC(c2ccc3ccccc3c2)C(F)(F)F)cc1. The third kappa shape index (κ3) is 3.89. The van der Waals surface area contributed by atoms with Crippen LogP contribution in [-0.2, 0) is 10.0 Å². The second-order valence-electron chi connectivity index (χ2n) is 6.02. The molecule has 0 bridgehead atoms. The Balaban J connectivity index is 2.01. The van der Waals surface area contributed by atoms with Crippen LogP contribution >= 0.6 is 0 Å². The van der Waals surface area contributed by atoms with Crippen molar-refractivity contribution in [2.45, 2.75) is 24.0 Å². The molecule has 3 aromatic rings. The van der Waals surface area contributed by atoms with E-state index < -0.39 is 22.2 Å². The number of hydrogen-bond acceptors (Lipinski definition) is 2. The first-order valence-corrected chi connectivity index (χ1v) is 9.29. The van der Waals surface area contributed by atoms with E-state index in [0.717, 1.165) is 10.9 Å². The molecule has 0 aliphatic rings. The van der Waals surface area contributed by atoms with Gasteiger partial charge in [0.25, 0.3) is 0 Å². The molecule has 136 valence electrons. The van der Waals surface area contributed by atoms with Crippen molar-refractivity contribution < 1.29 is 21.6 Å². The van der Waals surface area contributed by atoms with Gasteiger partial charge in [-0.25, -0.2) is 8.42 Å². The van der Waals surface area contributed by atoms with Crippen LogP contribution in [0.5, 0.6) is 0 Å². The van der Waals surface area contributed by atoms with Crippen LogP contribution in [0.25, 0.3) is 10.8 Å². The lowest BCUT2D eigenvalue weighted by Crippen LogP contribution is -2.38. The van der Waals surface area contributed by atoms with Gasteiger partial charge in [-0.15, -0.1) is 0 Å². The van der Waals surface area contributed by atoms with E-state index in [-0.39, 0.29) is 10.5 Å². The van der Waals surface area contributed by atoms with E-state index in [0.29, 0.717) is 5.39 Å². The maximum absolute atomic E-state index is 13.6. The second kappa shape index (κ2) is 6.74. The van der Waals surface area contributed by atoms with Crippen molar-refractivity contribution in [3.05, 3.63) is 77.9 Å². The van der Waals surface area contributed by atoms with Crippen molar-refractivity contribution in [3.8, 4) is 0 Å². The van der Waals surface area contributed by atoms with E-state index in [9.17, 15) is 21.6 Å². The zero-order chi connectivity index (χ0) is 18.9. The number of halogens is 3. The molecule has 3 aromatic carbocycles. The molecule has 0 aliphatic heterocycles. The highest BCUT2D eigenvalue weighted by molar-refractivity contribution is 7.89. The number of rotatable bonds is 4. The quantitative estimate of drug-likeness (QED) is 0.712. The fourth-order valence-corrected chi connectivity index (χ4v) is 3.86. The summed E-state index contributed by atoms with van der Waals surface area (Å²) in [5.41, 5.74) is 0.651. The van der Waals surface area contributed by atoms with Crippen LogP contribution in [-0.4, -0.2) is 14.6 Å². The van der Waals surface area contributed by atoms with Gasteiger partial charge in [0, 0.05) is 0 Å². The number of benzene rings is 3. The van der Waals surface area contributed by atoms with E-state index in [4.69, 9.17) is 0 Å². The van der Waals surface area contributed by atoms with E-state index in [1.54, 1.807) is 42.0 Å². The fraction of sp³-hybridized carbons (Fsp3) is 0.158. The molecule has 1 atom stereocenters. The maximum Gasteiger partial charge on any atom is 0.408 e. The van der Waals surface area contributed by atoms with E-state index in [1.807, 2.05) is 0 Å². The van der Waals surface area contributed by atoms with Crippen LogP contribution < -0.4 is 4.72 Å². The molecule has 0 aromatic heterocycles. The lowest BCUT2D eigenvalue weighted by atomic mass is 10.0. The zero-order valence-corrected chi connectivity index (χ0v) is 14.6. The molecule has 0 saturated heterocycles. The predicted molar refractivity (Wildman–Crippen MR) is 94.2 cm³/mol. The molecule has 1 unspecified atom stereocenters. The summed E-state index contributed by atoms with van der Waals surface area (Å²) in [6, 6.07) is 14.4. The third-order valence-corrected chi connectivity index (χ3v) is 5.48. The van der Waals surface area contributed by atoms with Crippen LogP contribution in [0.1, 0.15) is 17.2 Å². The van der Waals surface area contributed by atoms with Crippen molar-refractivity contribution >= 4 is 20.8 Å². The summed E-state index contributed by atoms with van der Waals surface area (Å²) in [5, 5.41) is 1.38. The minimum absolute atomic E-state index is 0.160. The Morgan fingerprint density at radius 2 is 1.50 bits per heavy atom. The van der Waals surface area contributed by atoms with Crippen molar-refractivity contribution in [1.29, 1.82) is 0 Å². The van der Waals surface area contributed by atoms with Gasteiger partial charge in [-0.05, 0) is 41.5 Å². The van der Waals surface area contributed by atoms with Crippen molar-refractivity contribution in [1.82, 2.24) is 4.72 Å². The van der Waals surface area contributed by atoms with Crippen molar-refractivity contribution in [2.75, 3.05) is 0 Å². The Bertz CT molecular complexity index is 1030. The molecule has 0 amide bonds. The normalized spacial score (nSPS) is 13.7. The molecule has 7 heteroatoms. The van der Waals surface area contributed by atoms with Gasteiger partial charge in [0.2, 0.25) is 10.0 Å². The van der Waals surface area contributed by atoms with Gasteiger partial charge in [0.05, 0.1) is 4.90 Å². The Morgan fingerprint density at radius 1 is 0.885 bits per heavy atom.